The number of aryl methyl sites for hydroxylation is 1. The van der Waals surface area contributed by atoms with Gasteiger partial charge in [0.25, 0.3) is 0 Å². The van der Waals surface area contributed by atoms with Crippen molar-refractivity contribution in [1.29, 1.82) is 0 Å². The smallest absolute Gasteiger partial charge is 0.476 e. The lowest BCUT2D eigenvalue weighted by Gasteiger charge is -2.32. The lowest BCUT2D eigenvalue weighted by molar-refractivity contribution is 0.00578. The van der Waals surface area contributed by atoms with Crippen molar-refractivity contribution in [3.05, 3.63) is 23.9 Å². The van der Waals surface area contributed by atoms with Crippen LogP contribution in [0.4, 0.5) is 0 Å². The average Bonchev–Trinajstić information content (AvgIpc) is 2.93. The van der Waals surface area contributed by atoms with E-state index in [1.807, 2.05) is 46.8 Å². The van der Waals surface area contributed by atoms with Crippen molar-refractivity contribution >= 4 is 29.5 Å². The summed E-state index contributed by atoms with van der Waals surface area (Å²) in [6.07, 6.45) is 0. The molecular weight excluding hydrogens is 295 g/mol. The number of benzene rings is 1. The first-order valence-electron chi connectivity index (χ1n) is 7.75. The molecule has 0 unspecified atom stereocenters. The fraction of sp³-hybridized carbons (Fsp3) is 0.500. The molecule has 0 spiro atoms. The van der Waals surface area contributed by atoms with Gasteiger partial charge in [-0.25, -0.2) is 4.79 Å². The van der Waals surface area contributed by atoms with Crippen LogP contribution in [0.5, 0.6) is 0 Å². The Morgan fingerprint density at radius 1 is 1.26 bits per heavy atom. The number of carboxylic acid groups (broad SMARTS) is 1. The maximum absolute atomic E-state index is 11.4. The zero-order valence-electron chi connectivity index (χ0n) is 14.1. The molecular formula is C16H21BN2O4. The molecule has 0 atom stereocenters. The Kier molecular flexibility index (Phi) is 3.53. The van der Waals surface area contributed by atoms with Crippen LogP contribution < -0.4 is 5.46 Å². The van der Waals surface area contributed by atoms with Gasteiger partial charge >= 0.3 is 13.1 Å². The third-order valence-corrected chi connectivity index (χ3v) is 4.80. The molecule has 2 heterocycles. The quantitative estimate of drug-likeness (QED) is 0.877. The predicted octanol–water partition coefficient (Wildman–Crippen LogP) is 2.05. The first kappa shape index (κ1) is 16.0. The van der Waals surface area contributed by atoms with Gasteiger partial charge in [0.15, 0.2) is 5.69 Å². The molecule has 0 bridgehead atoms. The van der Waals surface area contributed by atoms with Gasteiger partial charge in [0.05, 0.1) is 16.7 Å². The molecule has 1 aliphatic heterocycles. The van der Waals surface area contributed by atoms with Crippen molar-refractivity contribution in [3.8, 4) is 0 Å². The Morgan fingerprint density at radius 2 is 1.87 bits per heavy atom. The summed E-state index contributed by atoms with van der Waals surface area (Å²) in [7, 11) is -0.518. The summed E-state index contributed by atoms with van der Waals surface area (Å²) in [4.78, 5) is 11.4. The zero-order chi connectivity index (χ0) is 17.0. The van der Waals surface area contributed by atoms with E-state index in [1.54, 1.807) is 10.7 Å². The van der Waals surface area contributed by atoms with E-state index in [0.717, 1.165) is 11.0 Å². The number of carbonyl (C=O) groups is 1. The van der Waals surface area contributed by atoms with E-state index >= 15 is 0 Å². The van der Waals surface area contributed by atoms with E-state index in [-0.39, 0.29) is 5.69 Å². The molecule has 1 saturated heterocycles. The molecule has 1 aromatic carbocycles. The number of aromatic carboxylic acids is 1. The normalized spacial score (nSPS) is 19.4. The van der Waals surface area contributed by atoms with Crippen molar-refractivity contribution in [2.24, 2.45) is 0 Å². The number of aromatic nitrogens is 2. The molecule has 122 valence electrons. The van der Waals surface area contributed by atoms with Gasteiger partial charge in [-0.2, -0.15) is 5.10 Å². The fourth-order valence-corrected chi connectivity index (χ4v) is 2.72. The summed E-state index contributed by atoms with van der Waals surface area (Å²) in [5.74, 6) is -1.03. The van der Waals surface area contributed by atoms with Gasteiger partial charge in [-0.3, -0.25) is 4.68 Å². The van der Waals surface area contributed by atoms with E-state index in [2.05, 4.69) is 5.10 Å². The maximum Gasteiger partial charge on any atom is 0.494 e. The molecule has 2 aromatic rings. The number of rotatable bonds is 3. The molecule has 0 amide bonds. The van der Waals surface area contributed by atoms with E-state index in [1.165, 1.54) is 0 Å². The third kappa shape index (κ3) is 2.44. The fourth-order valence-electron chi connectivity index (χ4n) is 2.72. The van der Waals surface area contributed by atoms with Crippen LogP contribution in [0.1, 0.15) is 45.1 Å². The highest BCUT2D eigenvalue weighted by Crippen LogP contribution is 2.36. The van der Waals surface area contributed by atoms with Crippen LogP contribution in [0.2, 0.25) is 0 Å². The highest BCUT2D eigenvalue weighted by molar-refractivity contribution is 6.62. The van der Waals surface area contributed by atoms with Crippen molar-refractivity contribution in [1.82, 2.24) is 9.78 Å². The minimum atomic E-state index is -1.03. The largest absolute Gasteiger partial charge is 0.494 e. The molecule has 1 aliphatic rings. The monoisotopic (exact) mass is 316 g/mol. The predicted molar refractivity (Wildman–Crippen MR) is 88.1 cm³/mol. The van der Waals surface area contributed by atoms with E-state index in [9.17, 15) is 9.90 Å². The van der Waals surface area contributed by atoms with Crippen LogP contribution in [-0.2, 0) is 15.9 Å². The first-order valence-corrected chi connectivity index (χ1v) is 7.75. The van der Waals surface area contributed by atoms with Gasteiger partial charge in [-0.15, -0.1) is 0 Å². The summed E-state index contributed by atoms with van der Waals surface area (Å²) in [5.41, 5.74) is 0.783. The third-order valence-electron chi connectivity index (χ3n) is 4.80. The minimum Gasteiger partial charge on any atom is -0.476 e. The maximum atomic E-state index is 11.4. The number of hydrogen-bond donors (Lipinski definition) is 1. The van der Waals surface area contributed by atoms with Crippen molar-refractivity contribution in [2.75, 3.05) is 0 Å². The number of nitrogens with zero attached hydrogens (tertiary/aromatic N) is 2. The highest BCUT2D eigenvalue weighted by atomic mass is 16.7. The average molecular weight is 316 g/mol. The molecule has 23 heavy (non-hydrogen) atoms. The highest BCUT2D eigenvalue weighted by Gasteiger charge is 2.51. The summed E-state index contributed by atoms with van der Waals surface area (Å²) in [6, 6.07) is 5.59. The van der Waals surface area contributed by atoms with Gasteiger partial charge in [0.1, 0.15) is 0 Å². The summed E-state index contributed by atoms with van der Waals surface area (Å²) >= 11 is 0. The molecule has 0 aliphatic carbocycles. The van der Waals surface area contributed by atoms with Crippen LogP contribution in [0.15, 0.2) is 18.2 Å². The molecule has 1 fully saturated rings. The van der Waals surface area contributed by atoms with Crippen LogP contribution in [0.3, 0.4) is 0 Å². The van der Waals surface area contributed by atoms with Gasteiger partial charge in [0, 0.05) is 11.9 Å². The Labute approximate surface area is 135 Å². The van der Waals surface area contributed by atoms with E-state index in [0.29, 0.717) is 11.9 Å². The standard InChI is InChI=1S/C16H21BN2O4/c1-6-19-12-8-7-10(9-11(12)13(18-19)14(20)21)17-22-15(2,3)16(4,5)23-17/h7-9H,6H2,1-5H3,(H,20,21). The van der Waals surface area contributed by atoms with Gasteiger partial charge < -0.3 is 14.4 Å². The number of fused-ring (bicyclic) bond motifs is 1. The van der Waals surface area contributed by atoms with E-state index in [4.69, 9.17) is 9.31 Å². The van der Waals surface area contributed by atoms with Crippen molar-refractivity contribution in [2.45, 2.75) is 52.4 Å². The minimum absolute atomic E-state index is 0.0558. The molecule has 3 rings (SSSR count). The summed E-state index contributed by atoms with van der Waals surface area (Å²) in [5, 5.41) is 14.1. The molecule has 1 N–H and O–H groups in total. The molecule has 1 aromatic heterocycles. The summed E-state index contributed by atoms with van der Waals surface area (Å²) in [6.45, 7) is 10.5. The topological polar surface area (TPSA) is 73.6 Å². The summed E-state index contributed by atoms with van der Waals surface area (Å²) < 4.78 is 13.8. The van der Waals surface area contributed by atoms with Gasteiger partial charge in [-0.1, -0.05) is 12.1 Å². The Hall–Kier alpha value is -1.86. The second-order valence-corrected chi connectivity index (χ2v) is 6.83. The van der Waals surface area contributed by atoms with Gasteiger partial charge in [-0.05, 0) is 46.1 Å². The van der Waals surface area contributed by atoms with Gasteiger partial charge in [0.2, 0.25) is 0 Å². The second-order valence-electron chi connectivity index (χ2n) is 6.83. The number of hydrogen-bond acceptors (Lipinski definition) is 4. The lowest BCUT2D eigenvalue weighted by atomic mass is 9.78. The first-order chi connectivity index (χ1) is 10.7. The Morgan fingerprint density at radius 3 is 2.39 bits per heavy atom. The lowest BCUT2D eigenvalue weighted by Crippen LogP contribution is -2.41. The molecule has 0 saturated carbocycles. The molecule has 0 radical (unpaired) electrons. The Bertz CT molecular complexity index is 766. The van der Waals surface area contributed by atoms with Crippen LogP contribution in [0.25, 0.3) is 10.9 Å². The zero-order valence-corrected chi connectivity index (χ0v) is 14.1. The Balaban J connectivity index is 2.08. The number of carboxylic acids is 1. The van der Waals surface area contributed by atoms with Crippen molar-refractivity contribution in [3.63, 3.8) is 0 Å². The molecule has 7 heteroatoms. The van der Waals surface area contributed by atoms with Crippen molar-refractivity contribution < 1.29 is 19.2 Å². The van der Waals surface area contributed by atoms with Crippen LogP contribution in [-0.4, -0.2) is 39.2 Å². The van der Waals surface area contributed by atoms with Crippen LogP contribution >= 0.6 is 0 Å². The SMILES string of the molecule is CCn1nc(C(=O)O)c2cc(B3OC(C)(C)C(C)(C)O3)ccc21. The van der Waals surface area contributed by atoms with Crippen LogP contribution in [0, 0.1) is 0 Å². The second kappa shape index (κ2) is 5.07. The van der Waals surface area contributed by atoms with E-state index < -0.39 is 24.3 Å². The molecule has 6 nitrogen and oxygen atoms in total.